The van der Waals surface area contributed by atoms with Crippen LogP contribution in [0.4, 0.5) is 0 Å². The van der Waals surface area contributed by atoms with Crippen molar-refractivity contribution in [3.8, 4) is 0 Å². The van der Waals surface area contributed by atoms with Gasteiger partial charge in [0.25, 0.3) is 0 Å². The van der Waals surface area contributed by atoms with E-state index in [1.54, 1.807) is 0 Å². The van der Waals surface area contributed by atoms with E-state index >= 15 is 0 Å². The van der Waals surface area contributed by atoms with Crippen molar-refractivity contribution in [1.82, 2.24) is 4.90 Å². The van der Waals surface area contributed by atoms with E-state index in [1.165, 1.54) is 16.7 Å². The average molecular weight is 222 g/mol. The van der Waals surface area contributed by atoms with Crippen LogP contribution < -0.4 is 5.73 Å². The van der Waals surface area contributed by atoms with Crippen LogP contribution in [0, 0.1) is 13.8 Å². The van der Waals surface area contributed by atoms with E-state index in [0.717, 1.165) is 6.54 Å². The zero-order valence-corrected chi connectivity index (χ0v) is 10.4. The lowest BCUT2D eigenvalue weighted by molar-refractivity contribution is 0.373. The Kier molecular flexibility index (Phi) is 4.24. The Hall–Kier alpha value is -0.930. The lowest BCUT2D eigenvalue weighted by Crippen LogP contribution is -2.29. The van der Waals surface area contributed by atoms with Crippen LogP contribution in [0.5, 0.6) is 0 Å². The molecule has 0 aliphatic rings. The Morgan fingerprint density at radius 2 is 1.87 bits per heavy atom. The molecule has 1 aromatic carbocycles. The first-order chi connectivity index (χ1) is 7.00. The van der Waals surface area contributed by atoms with Crippen molar-refractivity contribution in [3.63, 3.8) is 0 Å². The van der Waals surface area contributed by atoms with Gasteiger partial charge in [-0.15, -0.1) is 0 Å². The second-order valence-electron chi connectivity index (χ2n) is 4.01. The monoisotopic (exact) mass is 222 g/mol. The highest BCUT2D eigenvalue weighted by Crippen LogP contribution is 2.14. The predicted octanol–water partition coefficient (Wildman–Crippen LogP) is 2.02. The first-order valence-corrected chi connectivity index (χ1v) is 5.43. The van der Waals surface area contributed by atoms with E-state index in [1.807, 2.05) is 7.05 Å². The summed E-state index contributed by atoms with van der Waals surface area (Å²) in [5, 5.41) is 0. The molecule has 1 rings (SSSR count). The SMILES string of the molecule is Cc1cccc(C)c1CN(C)CC(N)=S. The summed E-state index contributed by atoms with van der Waals surface area (Å²) in [5.74, 6) is 0. The molecular weight excluding hydrogens is 204 g/mol. The van der Waals surface area contributed by atoms with Gasteiger partial charge in [-0.05, 0) is 37.6 Å². The Balaban J connectivity index is 2.76. The number of likely N-dealkylation sites (N-methyl/N-ethyl adjacent to an activating group) is 1. The minimum Gasteiger partial charge on any atom is -0.392 e. The maximum atomic E-state index is 5.51. The van der Waals surface area contributed by atoms with Crippen LogP contribution in [0.2, 0.25) is 0 Å². The van der Waals surface area contributed by atoms with Gasteiger partial charge in [-0.3, -0.25) is 4.90 Å². The Labute approximate surface area is 97.1 Å². The standard InChI is InChI=1S/C12H18N2S/c1-9-5-4-6-10(2)11(9)7-14(3)8-12(13)15/h4-6H,7-8H2,1-3H3,(H2,13,15). The third-order valence-corrected chi connectivity index (χ3v) is 2.63. The third kappa shape index (κ3) is 3.61. The van der Waals surface area contributed by atoms with Gasteiger partial charge in [0, 0.05) is 13.1 Å². The Morgan fingerprint density at radius 3 is 2.33 bits per heavy atom. The zero-order valence-electron chi connectivity index (χ0n) is 9.58. The summed E-state index contributed by atoms with van der Waals surface area (Å²) in [6, 6.07) is 6.36. The molecule has 82 valence electrons. The Morgan fingerprint density at radius 1 is 1.33 bits per heavy atom. The van der Waals surface area contributed by atoms with Gasteiger partial charge in [0.1, 0.15) is 0 Å². The van der Waals surface area contributed by atoms with Crippen LogP contribution in [0.15, 0.2) is 18.2 Å². The number of rotatable bonds is 4. The van der Waals surface area contributed by atoms with Crippen molar-refractivity contribution < 1.29 is 0 Å². The summed E-state index contributed by atoms with van der Waals surface area (Å²) >= 11 is 4.89. The largest absolute Gasteiger partial charge is 0.392 e. The van der Waals surface area contributed by atoms with Gasteiger partial charge in [0.15, 0.2) is 0 Å². The molecule has 2 N–H and O–H groups in total. The number of thiocarbonyl (C=S) groups is 1. The van der Waals surface area contributed by atoms with Crippen LogP contribution in [-0.2, 0) is 6.54 Å². The van der Waals surface area contributed by atoms with Crippen LogP contribution in [0.3, 0.4) is 0 Å². The van der Waals surface area contributed by atoms with E-state index < -0.39 is 0 Å². The topological polar surface area (TPSA) is 29.3 Å². The van der Waals surface area contributed by atoms with Crippen molar-refractivity contribution >= 4 is 17.2 Å². The molecule has 0 amide bonds. The van der Waals surface area contributed by atoms with Gasteiger partial charge in [-0.1, -0.05) is 30.4 Å². The van der Waals surface area contributed by atoms with Gasteiger partial charge in [-0.2, -0.15) is 0 Å². The molecule has 0 aromatic heterocycles. The third-order valence-electron chi connectivity index (χ3n) is 2.50. The van der Waals surface area contributed by atoms with Crippen LogP contribution >= 0.6 is 12.2 Å². The van der Waals surface area contributed by atoms with E-state index in [4.69, 9.17) is 18.0 Å². The number of benzene rings is 1. The van der Waals surface area contributed by atoms with Gasteiger partial charge in [0.05, 0.1) is 4.99 Å². The minimum atomic E-state index is 0.545. The fourth-order valence-corrected chi connectivity index (χ4v) is 1.91. The maximum absolute atomic E-state index is 5.51. The lowest BCUT2D eigenvalue weighted by atomic mass is 10.0. The second kappa shape index (κ2) is 5.24. The van der Waals surface area contributed by atoms with Gasteiger partial charge >= 0.3 is 0 Å². The quantitative estimate of drug-likeness (QED) is 0.790. The molecule has 0 saturated carbocycles. The molecule has 0 heterocycles. The first-order valence-electron chi connectivity index (χ1n) is 5.02. The predicted molar refractivity (Wildman–Crippen MR) is 69.0 cm³/mol. The van der Waals surface area contributed by atoms with Crippen molar-refractivity contribution in [2.75, 3.05) is 13.6 Å². The zero-order chi connectivity index (χ0) is 11.4. The first kappa shape index (κ1) is 12.1. The number of nitrogens with two attached hydrogens (primary N) is 1. The molecular formula is C12H18N2S. The van der Waals surface area contributed by atoms with Gasteiger partial charge in [0.2, 0.25) is 0 Å². The van der Waals surface area contributed by atoms with Crippen molar-refractivity contribution in [2.45, 2.75) is 20.4 Å². The summed E-state index contributed by atoms with van der Waals surface area (Å²) in [6.07, 6.45) is 0. The highest BCUT2D eigenvalue weighted by atomic mass is 32.1. The van der Waals surface area contributed by atoms with Crippen LogP contribution in [-0.4, -0.2) is 23.5 Å². The number of nitrogens with zero attached hydrogens (tertiary/aromatic N) is 1. The van der Waals surface area contributed by atoms with Crippen molar-refractivity contribution in [3.05, 3.63) is 34.9 Å². The number of hydrogen-bond acceptors (Lipinski definition) is 2. The molecule has 0 aliphatic heterocycles. The van der Waals surface area contributed by atoms with Gasteiger partial charge < -0.3 is 5.73 Å². The molecule has 0 radical (unpaired) electrons. The van der Waals surface area contributed by atoms with Crippen LogP contribution in [0.25, 0.3) is 0 Å². The van der Waals surface area contributed by atoms with E-state index in [9.17, 15) is 0 Å². The molecule has 3 heteroatoms. The fraction of sp³-hybridized carbons (Fsp3) is 0.417. The number of aryl methyl sites for hydroxylation is 2. The highest BCUT2D eigenvalue weighted by Gasteiger charge is 2.06. The molecule has 0 spiro atoms. The summed E-state index contributed by atoms with van der Waals surface area (Å²) < 4.78 is 0. The van der Waals surface area contributed by atoms with Crippen molar-refractivity contribution in [2.24, 2.45) is 5.73 Å². The summed E-state index contributed by atoms with van der Waals surface area (Å²) in [4.78, 5) is 2.68. The lowest BCUT2D eigenvalue weighted by Gasteiger charge is -2.18. The second-order valence-corrected chi connectivity index (χ2v) is 4.53. The van der Waals surface area contributed by atoms with Gasteiger partial charge in [-0.25, -0.2) is 0 Å². The van der Waals surface area contributed by atoms with Crippen LogP contribution in [0.1, 0.15) is 16.7 Å². The molecule has 2 nitrogen and oxygen atoms in total. The molecule has 0 fully saturated rings. The molecule has 0 atom stereocenters. The summed E-state index contributed by atoms with van der Waals surface area (Å²) in [5.41, 5.74) is 9.53. The number of hydrogen-bond donors (Lipinski definition) is 1. The molecule has 0 bridgehead atoms. The van der Waals surface area contributed by atoms with E-state index in [2.05, 4.69) is 36.9 Å². The van der Waals surface area contributed by atoms with Crippen molar-refractivity contribution in [1.29, 1.82) is 0 Å². The molecule has 15 heavy (non-hydrogen) atoms. The Bertz CT molecular complexity index is 340. The fourth-order valence-electron chi connectivity index (χ4n) is 1.69. The molecule has 0 saturated heterocycles. The molecule has 0 aliphatic carbocycles. The van der Waals surface area contributed by atoms with E-state index in [-0.39, 0.29) is 0 Å². The summed E-state index contributed by atoms with van der Waals surface area (Å²) in [6.45, 7) is 5.84. The normalized spacial score (nSPS) is 10.7. The summed E-state index contributed by atoms with van der Waals surface area (Å²) in [7, 11) is 2.03. The maximum Gasteiger partial charge on any atom is 0.0870 e. The minimum absolute atomic E-state index is 0.545. The molecule has 0 unspecified atom stereocenters. The van der Waals surface area contributed by atoms with E-state index in [0.29, 0.717) is 11.5 Å². The smallest absolute Gasteiger partial charge is 0.0870 e. The molecule has 1 aromatic rings. The average Bonchev–Trinajstić information content (AvgIpc) is 2.10. The highest BCUT2D eigenvalue weighted by molar-refractivity contribution is 7.80.